The molecule has 2 amide bonds. The van der Waals surface area contributed by atoms with Gasteiger partial charge in [0.25, 0.3) is 17.4 Å². The monoisotopic (exact) mass is 462 g/mol. The number of benzene rings is 2. The number of fused-ring (bicyclic) bond motifs is 1. The molecule has 9 heteroatoms. The Morgan fingerprint density at radius 3 is 2.50 bits per heavy atom. The van der Waals surface area contributed by atoms with Crippen LogP contribution in [0.25, 0.3) is 10.8 Å². The van der Waals surface area contributed by atoms with E-state index in [1.807, 2.05) is 6.92 Å². The Kier molecular flexibility index (Phi) is 6.11. The first-order valence-corrected chi connectivity index (χ1v) is 9.65. The maximum absolute atomic E-state index is 12.7. The number of carbonyl (C=O) groups is 2. The molecule has 1 aromatic heterocycles. The van der Waals surface area contributed by atoms with Crippen LogP contribution < -0.4 is 16.4 Å². The molecule has 1 heterocycles. The molecular weight excluding hydrogens is 448 g/mol. The van der Waals surface area contributed by atoms with Gasteiger partial charge < -0.3 is 0 Å². The van der Waals surface area contributed by atoms with Crippen LogP contribution in [-0.2, 0) is 6.54 Å². The molecule has 0 saturated heterocycles. The quantitative estimate of drug-likeness (QED) is 0.581. The van der Waals surface area contributed by atoms with Crippen molar-refractivity contribution in [2.45, 2.75) is 19.9 Å². The summed E-state index contributed by atoms with van der Waals surface area (Å²) in [7, 11) is 0. The second-order valence-corrected chi connectivity index (χ2v) is 7.28. The first kappa shape index (κ1) is 20.0. The molecule has 2 N–H and O–H groups in total. The summed E-state index contributed by atoms with van der Waals surface area (Å²) in [6.07, 6.45) is 0.685. The van der Waals surface area contributed by atoms with Crippen LogP contribution in [0.15, 0.2) is 51.7 Å². The Hall–Kier alpha value is -2.71. The van der Waals surface area contributed by atoms with Gasteiger partial charge in [0, 0.05) is 16.4 Å². The first-order chi connectivity index (χ1) is 13.4. The van der Waals surface area contributed by atoms with Gasteiger partial charge in [-0.15, -0.1) is 0 Å². The van der Waals surface area contributed by atoms with E-state index in [4.69, 9.17) is 11.6 Å². The van der Waals surface area contributed by atoms with Crippen molar-refractivity contribution in [3.05, 3.63) is 73.6 Å². The van der Waals surface area contributed by atoms with Crippen molar-refractivity contribution in [2.24, 2.45) is 0 Å². The molecule has 0 aliphatic carbocycles. The highest BCUT2D eigenvalue weighted by atomic mass is 79.9. The number of hydrogen-bond donors (Lipinski definition) is 2. The van der Waals surface area contributed by atoms with Crippen LogP contribution in [0.5, 0.6) is 0 Å². The lowest BCUT2D eigenvalue weighted by Crippen LogP contribution is -2.43. The summed E-state index contributed by atoms with van der Waals surface area (Å²) < 4.78 is 1.93. The van der Waals surface area contributed by atoms with Crippen LogP contribution in [0.2, 0.25) is 5.02 Å². The molecule has 0 fully saturated rings. The van der Waals surface area contributed by atoms with Crippen molar-refractivity contribution in [3.63, 3.8) is 0 Å². The fourth-order valence-corrected chi connectivity index (χ4v) is 3.24. The molecule has 3 rings (SSSR count). The van der Waals surface area contributed by atoms with Gasteiger partial charge >= 0.3 is 0 Å². The van der Waals surface area contributed by atoms with Crippen LogP contribution in [0, 0.1) is 0 Å². The molecule has 0 spiro atoms. The van der Waals surface area contributed by atoms with Gasteiger partial charge in [-0.1, -0.05) is 52.7 Å². The number of hydrogen-bond acceptors (Lipinski definition) is 4. The van der Waals surface area contributed by atoms with E-state index in [1.165, 1.54) is 4.68 Å². The molecule has 0 saturated carbocycles. The van der Waals surface area contributed by atoms with Crippen LogP contribution in [0.4, 0.5) is 0 Å². The number of halogens is 2. The number of nitrogens with zero attached hydrogens (tertiary/aromatic N) is 2. The van der Waals surface area contributed by atoms with Gasteiger partial charge in [0.2, 0.25) is 0 Å². The second-order valence-electron chi connectivity index (χ2n) is 5.95. The minimum absolute atomic E-state index is 0.0456. The van der Waals surface area contributed by atoms with Crippen LogP contribution in [0.3, 0.4) is 0 Å². The molecule has 7 nitrogen and oxygen atoms in total. The Balaban J connectivity index is 1.89. The standard InChI is InChI=1S/C19H16BrClN4O3/c1-2-9-25-19(28)13-6-4-3-5-12(13)16(24-25)18(27)23-22-17(26)14-10-11(20)7-8-15(14)21/h3-8,10H,2,9H2,1H3,(H,22,26)(H,23,27). The van der Waals surface area contributed by atoms with Gasteiger partial charge in [-0.05, 0) is 30.7 Å². The van der Waals surface area contributed by atoms with Crippen molar-refractivity contribution in [1.29, 1.82) is 0 Å². The van der Waals surface area contributed by atoms with E-state index in [0.717, 1.165) is 0 Å². The van der Waals surface area contributed by atoms with E-state index < -0.39 is 11.8 Å². The third kappa shape index (κ3) is 4.07. The Morgan fingerprint density at radius 2 is 1.79 bits per heavy atom. The Morgan fingerprint density at radius 1 is 1.11 bits per heavy atom. The lowest BCUT2D eigenvalue weighted by Gasteiger charge is -2.12. The van der Waals surface area contributed by atoms with E-state index >= 15 is 0 Å². The van der Waals surface area contributed by atoms with E-state index in [-0.39, 0.29) is 21.8 Å². The normalized spacial score (nSPS) is 10.7. The summed E-state index contributed by atoms with van der Waals surface area (Å²) in [6, 6.07) is 11.5. The number of amides is 2. The third-order valence-electron chi connectivity index (χ3n) is 3.98. The lowest BCUT2D eigenvalue weighted by atomic mass is 10.1. The smallest absolute Gasteiger partial charge is 0.267 e. The van der Waals surface area contributed by atoms with Gasteiger partial charge in [0.05, 0.1) is 16.0 Å². The minimum Gasteiger partial charge on any atom is -0.267 e. The average molecular weight is 464 g/mol. The summed E-state index contributed by atoms with van der Waals surface area (Å²) in [6.45, 7) is 2.29. The van der Waals surface area contributed by atoms with E-state index in [0.29, 0.717) is 28.2 Å². The predicted molar refractivity (Wildman–Crippen MR) is 110 cm³/mol. The summed E-state index contributed by atoms with van der Waals surface area (Å²) in [5.41, 5.74) is 4.64. The Bertz CT molecular complexity index is 1130. The van der Waals surface area contributed by atoms with Crippen LogP contribution in [-0.4, -0.2) is 21.6 Å². The van der Waals surface area contributed by atoms with Crippen LogP contribution in [0.1, 0.15) is 34.2 Å². The molecule has 28 heavy (non-hydrogen) atoms. The number of rotatable bonds is 4. The first-order valence-electron chi connectivity index (χ1n) is 8.48. The maximum Gasteiger partial charge on any atom is 0.290 e. The van der Waals surface area contributed by atoms with E-state index in [9.17, 15) is 14.4 Å². The molecule has 0 bridgehead atoms. The molecule has 0 radical (unpaired) electrons. The van der Waals surface area contributed by atoms with Crippen molar-refractivity contribution < 1.29 is 9.59 Å². The molecule has 0 aliphatic heterocycles. The van der Waals surface area contributed by atoms with Crippen molar-refractivity contribution in [3.8, 4) is 0 Å². The fraction of sp³-hybridized carbons (Fsp3) is 0.158. The minimum atomic E-state index is -0.638. The fourth-order valence-electron chi connectivity index (χ4n) is 2.68. The van der Waals surface area contributed by atoms with Crippen LogP contribution >= 0.6 is 27.5 Å². The number of nitrogens with one attached hydrogen (secondary N) is 2. The van der Waals surface area contributed by atoms with Gasteiger partial charge in [0.15, 0.2) is 5.69 Å². The maximum atomic E-state index is 12.7. The predicted octanol–water partition coefficient (Wildman–Crippen LogP) is 3.30. The zero-order valence-electron chi connectivity index (χ0n) is 14.8. The molecule has 144 valence electrons. The highest BCUT2D eigenvalue weighted by Gasteiger charge is 2.18. The highest BCUT2D eigenvalue weighted by Crippen LogP contribution is 2.20. The molecule has 0 aliphatic rings. The second kappa shape index (κ2) is 8.53. The summed E-state index contributed by atoms with van der Waals surface area (Å²) >= 11 is 9.30. The molecule has 2 aromatic carbocycles. The summed E-state index contributed by atoms with van der Waals surface area (Å²) in [4.78, 5) is 37.5. The molecule has 0 unspecified atom stereocenters. The van der Waals surface area contributed by atoms with Crippen molar-refractivity contribution >= 4 is 50.1 Å². The van der Waals surface area contributed by atoms with Crippen molar-refractivity contribution in [1.82, 2.24) is 20.6 Å². The lowest BCUT2D eigenvalue weighted by molar-refractivity contribution is 0.0843. The molecule has 3 aromatic rings. The summed E-state index contributed by atoms with van der Waals surface area (Å²) in [5.74, 6) is -1.22. The van der Waals surface area contributed by atoms with Gasteiger partial charge in [-0.25, -0.2) is 4.68 Å². The zero-order chi connectivity index (χ0) is 20.3. The molecule has 0 atom stereocenters. The Labute approximate surface area is 173 Å². The van der Waals surface area contributed by atoms with Gasteiger partial charge in [-0.2, -0.15) is 5.10 Å². The highest BCUT2D eigenvalue weighted by molar-refractivity contribution is 9.10. The number of aryl methyl sites for hydroxylation is 1. The number of hydrazine groups is 1. The van der Waals surface area contributed by atoms with Crippen molar-refractivity contribution in [2.75, 3.05) is 0 Å². The number of carbonyl (C=O) groups excluding carboxylic acids is 2. The summed E-state index contributed by atoms with van der Waals surface area (Å²) in [5, 5.41) is 5.22. The SMILES string of the molecule is CCCn1nc(C(=O)NNC(=O)c2cc(Br)ccc2Cl)c2ccccc2c1=O. The van der Waals surface area contributed by atoms with Gasteiger partial charge in [0.1, 0.15) is 0 Å². The van der Waals surface area contributed by atoms with Gasteiger partial charge in [-0.3, -0.25) is 25.2 Å². The zero-order valence-corrected chi connectivity index (χ0v) is 17.2. The topological polar surface area (TPSA) is 93.1 Å². The largest absolute Gasteiger partial charge is 0.290 e. The molecular formula is C19H16BrClN4O3. The van der Waals surface area contributed by atoms with E-state index in [2.05, 4.69) is 31.9 Å². The average Bonchev–Trinajstić information content (AvgIpc) is 2.70. The van der Waals surface area contributed by atoms with E-state index in [1.54, 1.807) is 42.5 Å². The third-order valence-corrected chi connectivity index (χ3v) is 4.80. The number of aromatic nitrogens is 2.